The van der Waals surface area contributed by atoms with Crippen LogP contribution in [0.4, 0.5) is 10.5 Å². The van der Waals surface area contributed by atoms with E-state index in [1.807, 2.05) is 18.2 Å². The minimum atomic E-state index is -0.569. The minimum Gasteiger partial charge on any atom is -0.389 e. The molecule has 0 atom stereocenters. The average molecular weight is 326 g/mol. The Morgan fingerprint density at radius 2 is 1.96 bits per heavy atom. The van der Waals surface area contributed by atoms with E-state index in [0.717, 1.165) is 18.4 Å². The van der Waals surface area contributed by atoms with Crippen molar-refractivity contribution in [3.8, 4) is 0 Å². The summed E-state index contributed by atoms with van der Waals surface area (Å²) >= 11 is 0. The Labute approximate surface area is 140 Å². The Kier molecular flexibility index (Phi) is 3.84. The molecule has 4 rings (SSSR count). The van der Waals surface area contributed by atoms with Crippen LogP contribution in [0.25, 0.3) is 11.0 Å². The highest BCUT2D eigenvalue weighted by Crippen LogP contribution is 2.41. The fourth-order valence-electron chi connectivity index (χ4n) is 3.74. The zero-order chi connectivity index (χ0) is 16.6. The molecule has 2 aliphatic rings. The maximum absolute atomic E-state index is 12.6. The Morgan fingerprint density at radius 3 is 2.67 bits per heavy atom. The number of carbonyl (C=O) groups excluding carboxylic acids is 1. The van der Waals surface area contributed by atoms with Crippen LogP contribution in [0.15, 0.2) is 30.6 Å². The van der Waals surface area contributed by atoms with Crippen molar-refractivity contribution in [3.05, 3.63) is 30.6 Å². The molecule has 1 aromatic heterocycles. The normalized spacial score (nSPS) is 20.6. The highest BCUT2D eigenvalue weighted by atomic mass is 16.3. The lowest BCUT2D eigenvalue weighted by molar-refractivity contribution is -0.0845. The number of anilines is 1. The molecular formula is C18H22N4O2. The van der Waals surface area contributed by atoms with Crippen LogP contribution in [0.5, 0.6) is 0 Å². The number of fused-ring (bicyclic) bond motifs is 1. The molecule has 2 amide bonds. The molecule has 2 fully saturated rings. The number of amides is 2. The van der Waals surface area contributed by atoms with Gasteiger partial charge in [0, 0.05) is 25.5 Å². The summed E-state index contributed by atoms with van der Waals surface area (Å²) in [7, 11) is 0. The number of nitrogens with zero attached hydrogens (tertiary/aromatic N) is 3. The van der Waals surface area contributed by atoms with Crippen molar-refractivity contribution in [2.24, 2.45) is 5.92 Å². The van der Waals surface area contributed by atoms with E-state index in [9.17, 15) is 9.90 Å². The molecule has 126 valence electrons. The van der Waals surface area contributed by atoms with Gasteiger partial charge in [0.25, 0.3) is 0 Å². The minimum absolute atomic E-state index is 0.135. The third-order valence-electron chi connectivity index (χ3n) is 5.52. The van der Waals surface area contributed by atoms with Crippen LogP contribution in [0.1, 0.15) is 32.1 Å². The van der Waals surface area contributed by atoms with Crippen LogP contribution in [0.3, 0.4) is 0 Å². The van der Waals surface area contributed by atoms with Crippen molar-refractivity contribution in [1.29, 1.82) is 0 Å². The molecule has 0 spiro atoms. The predicted molar refractivity (Wildman–Crippen MR) is 91.7 cm³/mol. The number of likely N-dealkylation sites (tertiary alicyclic amines) is 1. The monoisotopic (exact) mass is 326 g/mol. The van der Waals surface area contributed by atoms with Crippen LogP contribution in [-0.2, 0) is 0 Å². The van der Waals surface area contributed by atoms with Gasteiger partial charge in [-0.25, -0.2) is 4.79 Å². The number of para-hydroxylation sites is 1. The highest BCUT2D eigenvalue weighted by molar-refractivity contribution is 5.98. The number of urea groups is 1. The number of hydrogen-bond acceptors (Lipinski definition) is 4. The third kappa shape index (κ3) is 2.71. The number of aromatic nitrogens is 2. The van der Waals surface area contributed by atoms with E-state index in [2.05, 4.69) is 15.3 Å². The molecule has 0 unspecified atom stereocenters. The Morgan fingerprint density at radius 1 is 1.21 bits per heavy atom. The van der Waals surface area contributed by atoms with Gasteiger partial charge in [0.05, 0.1) is 16.8 Å². The Bertz CT molecular complexity index is 746. The van der Waals surface area contributed by atoms with Crippen molar-refractivity contribution in [3.63, 3.8) is 0 Å². The molecular weight excluding hydrogens is 304 g/mol. The second-order valence-corrected chi connectivity index (χ2v) is 6.88. The fourth-order valence-corrected chi connectivity index (χ4v) is 3.74. The van der Waals surface area contributed by atoms with Gasteiger partial charge < -0.3 is 15.3 Å². The van der Waals surface area contributed by atoms with E-state index in [1.54, 1.807) is 17.3 Å². The van der Waals surface area contributed by atoms with Gasteiger partial charge in [-0.1, -0.05) is 12.5 Å². The van der Waals surface area contributed by atoms with Crippen molar-refractivity contribution < 1.29 is 9.90 Å². The second-order valence-electron chi connectivity index (χ2n) is 6.88. The third-order valence-corrected chi connectivity index (χ3v) is 5.52. The van der Waals surface area contributed by atoms with Gasteiger partial charge in [-0.3, -0.25) is 9.97 Å². The smallest absolute Gasteiger partial charge is 0.321 e. The van der Waals surface area contributed by atoms with E-state index < -0.39 is 5.60 Å². The van der Waals surface area contributed by atoms with Crippen LogP contribution < -0.4 is 5.32 Å². The summed E-state index contributed by atoms with van der Waals surface area (Å²) in [6.07, 6.45) is 8.06. The molecule has 2 N–H and O–H groups in total. The van der Waals surface area contributed by atoms with Gasteiger partial charge in [0.2, 0.25) is 0 Å². The summed E-state index contributed by atoms with van der Waals surface area (Å²) in [4.78, 5) is 22.9. The zero-order valence-electron chi connectivity index (χ0n) is 13.6. The maximum Gasteiger partial charge on any atom is 0.321 e. The fraction of sp³-hybridized carbons (Fsp3) is 0.500. The quantitative estimate of drug-likeness (QED) is 0.889. The molecule has 1 saturated heterocycles. The van der Waals surface area contributed by atoms with Gasteiger partial charge in [-0.05, 0) is 43.7 Å². The van der Waals surface area contributed by atoms with Crippen molar-refractivity contribution >= 4 is 22.8 Å². The first-order chi connectivity index (χ1) is 11.7. The van der Waals surface area contributed by atoms with Crippen LogP contribution in [0.2, 0.25) is 0 Å². The van der Waals surface area contributed by atoms with Crippen LogP contribution in [0, 0.1) is 5.92 Å². The highest BCUT2D eigenvalue weighted by Gasteiger charge is 2.42. The first-order valence-electron chi connectivity index (χ1n) is 8.64. The first kappa shape index (κ1) is 15.3. The first-order valence-corrected chi connectivity index (χ1v) is 8.64. The summed E-state index contributed by atoms with van der Waals surface area (Å²) < 4.78 is 0. The van der Waals surface area contributed by atoms with E-state index in [4.69, 9.17) is 0 Å². The van der Waals surface area contributed by atoms with E-state index >= 15 is 0 Å². The molecule has 2 aromatic rings. The molecule has 6 heteroatoms. The summed E-state index contributed by atoms with van der Waals surface area (Å²) in [6, 6.07) is 5.43. The van der Waals surface area contributed by atoms with Crippen LogP contribution in [-0.4, -0.2) is 44.7 Å². The number of nitrogens with one attached hydrogen (secondary N) is 1. The summed E-state index contributed by atoms with van der Waals surface area (Å²) in [5.41, 5.74) is 1.55. The van der Waals surface area contributed by atoms with E-state index in [0.29, 0.717) is 43.1 Å². The SMILES string of the molecule is O=C(Nc1cccc2nccnc12)N1CCC(O)(C2CCC2)CC1. The number of piperidine rings is 1. The standard InChI is InChI=1S/C18H22N4O2/c23-17(21-15-6-2-5-14-16(15)20-10-9-19-14)22-11-7-18(24,8-12-22)13-3-1-4-13/h2,5-6,9-10,13,24H,1,3-4,7-8,11-12H2,(H,21,23). The molecule has 0 bridgehead atoms. The molecule has 1 aromatic carbocycles. The maximum atomic E-state index is 12.6. The molecule has 24 heavy (non-hydrogen) atoms. The lowest BCUT2D eigenvalue weighted by atomic mass is 9.69. The van der Waals surface area contributed by atoms with Gasteiger partial charge in [-0.15, -0.1) is 0 Å². The average Bonchev–Trinajstić information content (AvgIpc) is 2.54. The van der Waals surface area contributed by atoms with Crippen molar-refractivity contribution in [1.82, 2.24) is 14.9 Å². The lowest BCUT2D eigenvalue weighted by Gasteiger charge is -2.46. The van der Waals surface area contributed by atoms with Crippen LogP contribution >= 0.6 is 0 Å². The Hall–Kier alpha value is -2.21. The largest absolute Gasteiger partial charge is 0.389 e. The second kappa shape index (κ2) is 6.02. The molecule has 1 aliphatic carbocycles. The molecule has 0 radical (unpaired) electrons. The lowest BCUT2D eigenvalue weighted by Crippen LogP contribution is -2.52. The van der Waals surface area contributed by atoms with Gasteiger partial charge in [0.15, 0.2) is 0 Å². The number of rotatable bonds is 2. The number of carbonyl (C=O) groups is 1. The topological polar surface area (TPSA) is 78.4 Å². The van der Waals surface area contributed by atoms with E-state index in [-0.39, 0.29) is 6.03 Å². The molecule has 1 saturated carbocycles. The summed E-state index contributed by atoms with van der Waals surface area (Å²) in [5, 5.41) is 13.7. The van der Waals surface area contributed by atoms with Gasteiger partial charge >= 0.3 is 6.03 Å². The number of hydrogen-bond donors (Lipinski definition) is 2. The van der Waals surface area contributed by atoms with E-state index in [1.165, 1.54) is 6.42 Å². The summed E-state index contributed by atoms with van der Waals surface area (Å²) in [6.45, 7) is 1.19. The summed E-state index contributed by atoms with van der Waals surface area (Å²) in [5.74, 6) is 0.427. The van der Waals surface area contributed by atoms with Gasteiger partial charge in [-0.2, -0.15) is 0 Å². The number of benzene rings is 1. The molecule has 2 heterocycles. The predicted octanol–water partition coefficient (Wildman–Crippen LogP) is 2.79. The Balaban J connectivity index is 1.43. The zero-order valence-corrected chi connectivity index (χ0v) is 13.6. The molecule has 6 nitrogen and oxygen atoms in total. The molecule has 1 aliphatic heterocycles. The van der Waals surface area contributed by atoms with Crippen molar-refractivity contribution in [2.75, 3.05) is 18.4 Å². The van der Waals surface area contributed by atoms with Crippen molar-refractivity contribution in [2.45, 2.75) is 37.7 Å². The number of aliphatic hydroxyl groups is 1. The van der Waals surface area contributed by atoms with Gasteiger partial charge in [0.1, 0.15) is 5.52 Å².